The van der Waals surface area contributed by atoms with Gasteiger partial charge in [-0.05, 0) is 17.5 Å². The number of carboxylic acid groups (broad SMARTS) is 1. The molecule has 1 amide bonds. The Morgan fingerprint density at radius 2 is 1.90 bits per heavy atom. The lowest BCUT2D eigenvalue weighted by atomic mass is 10.1. The first-order valence-electron chi connectivity index (χ1n) is 6.12. The molecular formula is C13H13F3N2O3. The zero-order chi connectivity index (χ0) is 16.0. The van der Waals surface area contributed by atoms with Crippen LogP contribution in [-0.4, -0.2) is 22.0 Å². The Labute approximate surface area is 118 Å². The first-order chi connectivity index (χ1) is 9.55. The fraction of sp³-hybridized carbons (Fsp3) is 0.462. The van der Waals surface area contributed by atoms with Crippen molar-refractivity contribution in [2.45, 2.75) is 20.0 Å². The van der Waals surface area contributed by atoms with Gasteiger partial charge in [-0.1, -0.05) is 13.8 Å². The fourth-order valence-corrected chi connectivity index (χ4v) is 2.44. The molecule has 0 spiro atoms. The number of pyridine rings is 1. The maximum Gasteiger partial charge on any atom is 0.433 e. The summed E-state index contributed by atoms with van der Waals surface area (Å²) in [6, 6.07) is 1.83. The summed E-state index contributed by atoms with van der Waals surface area (Å²) < 4.78 is 37.0. The lowest BCUT2D eigenvalue weighted by Gasteiger charge is -2.08. The highest BCUT2D eigenvalue weighted by molar-refractivity contribution is 5.99. The average Bonchev–Trinajstić information content (AvgIpc) is 2.92. The molecule has 2 atom stereocenters. The summed E-state index contributed by atoms with van der Waals surface area (Å²) in [6.45, 7) is 3.31. The van der Waals surface area contributed by atoms with Crippen molar-refractivity contribution in [1.82, 2.24) is 4.98 Å². The van der Waals surface area contributed by atoms with Crippen LogP contribution in [0.4, 0.5) is 18.9 Å². The van der Waals surface area contributed by atoms with Crippen molar-refractivity contribution in [2.75, 3.05) is 5.32 Å². The number of rotatable bonds is 3. The molecule has 2 rings (SSSR count). The number of hydrogen-bond acceptors (Lipinski definition) is 3. The van der Waals surface area contributed by atoms with Gasteiger partial charge >= 0.3 is 12.1 Å². The van der Waals surface area contributed by atoms with Gasteiger partial charge in [0.25, 0.3) is 0 Å². The normalized spacial score (nSPS) is 23.5. The number of nitrogens with zero attached hydrogens (tertiary/aromatic N) is 1. The van der Waals surface area contributed by atoms with Crippen LogP contribution in [0.2, 0.25) is 0 Å². The van der Waals surface area contributed by atoms with Crippen molar-refractivity contribution in [1.29, 1.82) is 0 Å². The Morgan fingerprint density at radius 1 is 1.29 bits per heavy atom. The van der Waals surface area contributed by atoms with E-state index in [9.17, 15) is 22.8 Å². The topological polar surface area (TPSA) is 79.3 Å². The van der Waals surface area contributed by atoms with Crippen LogP contribution in [0.3, 0.4) is 0 Å². The number of amides is 1. The third kappa shape index (κ3) is 2.84. The van der Waals surface area contributed by atoms with Gasteiger partial charge in [0, 0.05) is 0 Å². The van der Waals surface area contributed by atoms with E-state index in [2.05, 4.69) is 10.3 Å². The van der Waals surface area contributed by atoms with E-state index in [1.54, 1.807) is 13.8 Å². The summed E-state index contributed by atoms with van der Waals surface area (Å²) in [6.07, 6.45) is -3.65. The average molecular weight is 302 g/mol. The Bertz CT molecular complexity index is 581. The van der Waals surface area contributed by atoms with Gasteiger partial charge in [0.2, 0.25) is 5.91 Å². The number of carbonyl (C=O) groups is 2. The highest BCUT2D eigenvalue weighted by Gasteiger charge is 2.65. The number of carboxylic acids is 1. The predicted molar refractivity (Wildman–Crippen MR) is 66.3 cm³/mol. The molecule has 1 heterocycles. The number of carbonyl (C=O) groups excluding carboxylic acids is 1. The van der Waals surface area contributed by atoms with E-state index >= 15 is 0 Å². The maximum atomic E-state index is 12.3. The molecule has 0 radical (unpaired) electrons. The van der Waals surface area contributed by atoms with Crippen molar-refractivity contribution >= 4 is 17.6 Å². The zero-order valence-electron chi connectivity index (χ0n) is 11.2. The summed E-state index contributed by atoms with van der Waals surface area (Å²) >= 11 is 0. The highest BCUT2D eigenvalue weighted by atomic mass is 19.4. The van der Waals surface area contributed by atoms with E-state index in [0.717, 1.165) is 18.3 Å². The quantitative estimate of drug-likeness (QED) is 0.898. The lowest BCUT2D eigenvalue weighted by Crippen LogP contribution is -2.18. The van der Waals surface area contributed by atoms with Gasteiger partial charge in [-0.15, -0.1) is 0 Å². The number of hydrogen-bond donors (Lipinski definition) is 2. The van der Waals surface area contributed by atoms with Crippen LogP contribution in [-0.2, 0) is 15.8 Å². The second kappa shape index (κ2) is 4.71. The maximum absolute atomic E-state index is 12.3. The van der Waals surface area contributed by atoms with Gasteiger partial charge in [0.1, 0.15) is 5.69 Å². The predicted octanol–water partition coefficient (Wildman–Crippen LogP) is 2.40. The van der Waals surface area contributed by atoms with Gasteiger partial charge in [0.05, 0.1) is 23.7 Å². The first kappa shape index (κ1) is 15.3. The van der Waals surface area contributed by atoms with Gasteiger partial charge in [-0.3, -0.25) is 9.59 Å². The summed E-state index contributed by atoms with van der Waals surface area (Å²) in [7, 11) is 0. The third-order valence-electron chi connectivity index (χ3n) is 3.70. The smallest absolute Gasteiger partial charge is 0.433 e. The second-order valence-electron chi connectivity index (χ2n) is 5.53. The highest BCUT2D eigenvalue weighted by Crippen LogP contribution is 2.58. The minimum Gasteiger partial charge on any atom is -0.481 e. The van der Waals surface area contributed by atoms with E-state index in [4.69, 9.17) is 5.11 Å². The largest absolute Gasteiger partial charge is 0.481 e. The number of nitrogens with one attached hydrogen (secondary N) is 1. The molecule has 0 aliphatic heterocycles. The molecule has 2 unspecified atom stereocenters. The molecule has 21 heavy (non-hydrogen) atoms. The molecule has 1 aliphatic carbocycles. The molecule has 1 saturated carbocycles. The van der Waals surface area contributed by atoms with E-state index in [-0.39, 0.29) is 5.69 Å². The molecule has 1 aromatic rings. The van der Waals surface area contributed by atoms with Crippen LogP contribution >= 0.6 is 0 Å². The molecule has 1 aromatic heterocycles. The number of halogens is 3. The van der Waals surface area contributed by atoms with Crippen molar-refractivity contribution in [3.63, 3.8) is 0 Å². The third-order valence-corrected chi connectivity index (χ3v) is 3.70. The van der Waals surface area contributed by atoms with Crippen LogP contribution in [0.15, 0.2) is 18.3 Å². The Kier molecular flexibility index (Phi) is 3.43. The van der Waals surface area contributed by atoms with Crippen LogP contribution < -0.4 is 5.32 Å². The van der Waals surface area contributed by atoms with Crippen molar-refractivity contribution in [3.8, 4) is 0 Å². The molecule has 114 valence electrons. The molecule has 1 fully saturated rings. The van der Waals surface area contributed by atoms with E-state index < -0.39 is 41.0 Å². The zero-order valence-corrected chi connectivity index (χ0v) is 11.2. The second-order valence-corrected chi connectivity index (χ2v) is 5.53. The van der Waals surface area contributed by atoms with Crippen LogP contribution in [0.1, 0.15) is 19.5 Å². The summed E-state index contributed by atoms with van der Waals surface area (Å²) in [5.74, 6) is -3.10. The van der Waals surface area contributed by atoms with Crippen LogP contribution in [0.25, 0.3) is 0 Å². The molecule has 5 nitrogen and oxygen atoms in total. The van der Waals surface area contributed by atoms with E-state index in [1.807, 2.05) is 0 Å². The summed E-state index contributed by atoms with van der Waals surface area (Å²) in [5, 5.41) is 11.4. The standard InChI is InChI=1S/C13H13F3N2O3/c1-12(2)8(9(12)11(20)21)10(19)18-6-3-4-7(17-5-6)13(14,15)16/h3-5,8-9H,1-2H3,(H,18,19)(H,20,21). The van der Waals surface area contributed by atoms with Crippen molar-refractivity contribution < 1.29 is 27.9 Å². The van der Waals surface area contributed by atoms with E-state index in [0.29, 0.717) is 0 Å². The molecule has 0 aromatic carbocycles. The Balaban J connectivity index is 2.06. The van der Waals surface area contributed by atoms with Gasteiger partial charge in [0.15, 0.2) is 0 Å². The molecule has 8 heteroatoms. The molecular weight excluding hydrogens is 289 g/mol. The van der Waals surface area contributed by atoms with Gasteiger partial charge in [-0.2, -0.15) is 13.2 Å². The van der Waals surface area contributed by atoms with Crippen molar-refractivity contribution in [3.05, 3.63) is 24.0 Å². The number of anilines is 1. The number of alkyl halides is 3. The monoisotopic (exact) mass is 302 g/mol. The van der Waals surface area contributed by atoms with Gasteiger partial charge in [-0.25, -0.2) is 4.98 Å². The van der Waals surface area contributed by atoms with Crippen LogP contribution in [0, 0.1) is 17.3 Å². The number of aliphatic carboxylic acids is 1. The van der Waals surface area contributed by atoms with Crippen LogP contribution in [0.5, 0.6) is 0 Å². The van der Waals surface area contributed by atoms with Crippen molar-refractivity contribution in [2.24, 2.45) is 17.3 Å². The first-order valence-corrected chi connectivity index (χ1v) is 6.12. The van der Waals surface area contributed by atoms with Gasteiger partial charge < -0.3 is 10.4 Å². The SMILES string of the molecule is CC1(C)C(C(=O)O)C1C(=O)Nc1ccc(C(F)(F)F)nc1. The molecule has 0 bridgehead atoms. The number of aromatic nitrogens is 1. The molecule has 1 aliphatic rings. The minimum atomic E-state index is -4.55. The summed E-state index contributed by atoms with van der Waals surface area (Å²) in [5.41, 5.74) is -1.63. The lowest BCUT2D eigenvalue weighted by molar-refractivity contribution is -0.141. The summed E-state index contributed by atoms with van der Waals surface area (Å²) in [4.78, 5) is 26.2. The Morgan fingerprint density at radius 3 is 2.29 bits per heavy atom. The Hall–Kier alpha value is -2.12. The molecule has 2 N–H and O–H groups in total. The minimum absolute atomic E-state index is 0.0971. The molecule has 0 saturated heterocycles. The van der Waals surface area contributed by atoms with E-state index in [1.165, 1.54) is 0 Å². The fourth-order valence-electron chi connectivity index (χ4n) is 2.44.